The van der Waals surface area contributed by atoms with E-state index in [1.807, 2.05) is 0 Å². The molecule has 2 atom stereocenters. The summed E-state index contributed by atoms with van der Waals surface area (Å²) in [6.45, 7) is -0.214. The number of hydrogen-bond donors (Lipinski definition) is 2. The first kappa shape index (κ1) is 12.8. The number of methoxy groups -OCH3 is 1. The molecule has 2 unspecified atom stereocenters. The quantitative estimate of drug-likeness (QED) is 0.720. The van der Waals surface area contributed by atoms with Crippen molar-refractivity contribution < 1.29 is 14.9 Å². The van der Waals surface area contributed by atoms with Crippen LogP contribution in [0.15, 0.2) is 0 Å². The van der Waals surface area contributed by atoms with Crippen LogP contribution in [-0.4, -0.2) is 39.9 Å². The highest BCUT2D eigenvalue weighted by Crippen LogP contribution is 2.32. The number of aliphatic hydroxyl groups is 2. The highest BCUT2D eigenvalue weighted by Gasteiger charge is 2.32. The molecule has 12 heavy (non-hydrogen) atoms. The first-order chi connectivity index (χ1) is 5.41. The van der Waals surface area contributed by atoms with Gasteiger partial charge in [-0.2, -0.15) is 0 Å². The van der Waals surface area contributed by atoms with E-state index in [0.29, 0.717) is 0 Å². The monoisotopic (exact) mass is 236 g/mol. The molecular formula is C6H11Cl3O3. The first-order valence-electron chi connectivity index (χ1n) is 3.30. The molecule has 0 aromatic heterocycles. The molecule has 0 saturated heterocycles. The van der Waals surface area contributed by atoms with Crippen molar-refractivity contribution in [3.05, 3.63) is 0 Å². The lowest BCUT2D eigenvalue weighted by molar-refractivity contribution is 0.0108. The number of aliphatic hydroxyl groups excluding tert-OH is 2. The van der Waals surface area contributed by atoms with Gasteiger partial charge in [-0.3, -0.25) is 0 Å². The van der Waals surface area contributed by atoms with Crippen molar-refractivity contribution in [2.45, 2.75) is 22.4 Å². The van der Waals surface area contributed by atoms with Gasteiger partial charge >= 0.3 is 0 Å². The molecule has 2 N–H and O–H groups in total. The van der Waals surface area contributed by atoms with Crippen LogP contribution in [0.2, 0.25) is 0 Å². The van der Waals surface area contributed by atoms with E-state index >= 15 is 0 Å². The first-order valence-corrected chi connectivity index (χ1v) is 4.43. The predicted molar refractivity (Wildman–Crippen MR) is 48.8 cm³/mol. The summed E-state index contributed by atoms with van der Waals surface area (Å²) in [4.78, 5) is 0. The zero-order chi connectivity index (χ0) is 9.78. The summed E-state index contributed by atoms with van der Waals surface area (Å²) >= 11 is 16.2. The number of halogens is 3. The Morgan fingerprint density at radius 1 is 1.42 bits per heavy atom. The Labute approximate surface area is 86.2 Å². The van der Waals surface area contributed by atoms with Crippen LogP contribution >= 0.6 is 34.8 Å². The number of hydrogen-bond acceptors (Lipinski definition) is 3. The number of ether oxygens (including phenoxy) is 1. The van der Waals surface area contributed by atoms with Crippen molar-refractivity contribution in [1.29, 1.82) is 0 Å². The molecule has 0 aromatic rings. The van der Waals surface area contributed by atoms with Crippen molar-refractivity contribution >= 4 is 34.8 Å². The zero-order valence-electron chi connectivity index (χ0n) is 6.51. The molecule has 0 aromatic carbocycles. The molecule has 0 bridgehead atoms. The van der Waals surface area contributed by atoms with Crippen molar-refractivity contribution in [2.24, 2.45) is 0 Å². The molecule has 0 spiro atoms. The molecule has 0 rings (SSSR count). The van der Waals surface area contributed by atoms with E-state index in [-0.39, 0.29) is 13.0 Å². The van der Waals surface area contributed by atoms with Gasteiger partial charge in [-0.05, 0) is 0 Å². The van der Waals surface area contributed by atoms with Gasteiger partial charge in [0.15, 0.2) is 0 Å². The van der Waals surface area contributed by atoms with Crippen LogP contribution in [0.1, 0.15) is 6.42 Å². The van der Waals surface area contributed by atoms with E-state index in [9.17, 15) is 5.11 Å². The van der Waals surface area contributed by atoms with E-state index in [4.69, 9.17) is 44.6 Å². The molecule has 74 valence electrons. The minimum atomic E-state index is -1.73. The van der Waals surface area contributed by atoms with Crippen LogP contribution in [-0.2, 0) is 4.74 Å². The van der Waals surface area contributed by atoms with E-state index in [1.54, 1.807) is 0 Å². The van der Waals surface area contributed by atoms with Crippen LogP contribution in [0.5, 0.6) is 0 Å². The highest BCUT2D eigenvalue weighted by atomic mass is 35.6. The molecule has 0 heterocycles. The van der Waals surface area contributed by atoms with Gasteiger partial charge in [0.1, 0.15) is 6.10 Å². The van der Waals surface area contributed by atoms with E-state index in [1.165, 1.54) is 7.11 Å². The fraction of sp³-hybridized carbons (Fsp3) is 1.00. The number of rotatable bonds is 4. The summed E-state index contributed by atoms with van der Waals surface area (Å²) in [5.74, 6) is 0. The fourth-order valence-electron chi connectivity index (χ4n) is 0.628. The minimum Gasteiger partial charge on any atom is -0.394 e. The van der Waals surface area contributed by atoms with Crippen LogP contribution in [0.3, 0.4) is 0 Å². The SMILES string of the molecule is COC(CO)CC(O)C(Cl)(Cl)Cl. The molecule has 0 amide bonds. The number of alkyl halides is 3. The van der Waals surface area contributed by atoms with Gasteiger partial charge in [0, 0.05) is 13.5 Å². The van der Waals surface area contributed by atoms with Gasteiger partial charge < -0.3 is 14.9 Å². The minimum absolute atomic E-state index is 0.0868. The second-order valence-electron chi connectivity index (χ2n) is 2.33. The maximum Gasteiger partial charge on any atom is 0.216 e. The Kier molecular flexibility index (Phi) is 5.82. The van der Waals surface area contributed by atoms with Gasteiger partial charge in [-0.25, -0.2) is 0 Å². The molecule has 0 fully saturated rings. The predicted octanol–water partition coefficient (Wildman–Crippen LogP) is 1.11. The van der Waals surface area contributed by atoms with Crippen molar-refractivity contribution in [1.82, 2.24) is 0 Å². The average molecular weight is 238 g/mol. The van der Waals surface area contributed by atoms with Gasteiger partial charge in [-0.1, -0.05) is 34.8 Å². The van der Waals surface area contributed by atoms with E-state index in [0.717, 1.165) is 0 Å². The average Bonchev–Trinajstić information content (AvgIpc) is 1.97. The topological polar surface area (TPSA) is 49.7 Å². The Hall–Kier alpha value is 0.750. The molecule has 3 nitrogen and oxygen atoms in total. The lowest BCUT2D eigenvalue weighted by atomic mass is 10.2. The molecule has 0 radical (unpaired) electrons. The highest BCUT2D eigenvalue weighted by molar-refractivity contribution is 6.68. The normalized spacial score (nSPS) is 17.5. The van der Waals surface area contributed by atoms with Crippen LogP contribution in [0.25, 0.3) is 0 Å². The second kappa shape index (κ2) is 5.47. The van der Waals surface area contributed by atoms with E-state index < -0.39 is 16.0 Å². The lowest BCUT2D eigenvalue weighted by Crippen LogP contribution is -2.32. The van der Waals surface area contributed by atoms with Crippen LogP contribution < -0.4 is 0 Å². The third-order valence-electron chi connectivity index (χ3n) is 1.40. The summed E-state index contributed by atoms with van der Waals surface area (Å²) in [5.41, 5.74) is 0. The molecular weight excluding hydrogens is 226 g/mol. The smallest absolute Gasteiger partial charge is 0.216 e. The third-order valence-corrected chi connectivity index (χ3v) is 2.16. The molecule has 0 saturated carbocycles. The van der Waals surface area contributed by atoms with Crippen LogP contribution in [0, 0.1) is 0 Å². The van der Waals surface area contributed by atoms with Crippen molar-refractivity contribution in [3.8, 4) is 0 Å². The van der Waals surface area contributed by atoms with Crippen LogP contribution in [0.4, 0.5) is 0 Å². The fourth-order valence-corrected chi connectivity index (χ4v) is 0.895. The molecule has 6 heteroatoms. The Morgan fingerprint density at radius 2 is 1.92 bits per heavy atom. The van der Waals surface area contributed by atoms with Crippen molar-refractivity contribution in [3.63, 3.8) is 0 Å². The van der Waals surface area contributed by atoms with Gasteiger partial charge in [-0.15, -0.1) is 0 Å². The molecule has 0 aliphatic carbocycles. The van der Waals surface area contributed by atoms with Gasteiger partial charge in [0.2, 0.25) is 3.79 Å². The Morgan fingerprint density at radius 3 is 2.17 bits per heavy atom. The summed E-state index contributed by atoms with van der Waals surface area (Å²) in [7, 11) is 1.41. The Balaban J connectivity index is 3.90. The lowest BCUT2D eigenvalue weighted by Gasteiger charge is -2.22. The van der Waals surface area contributed by atoms with E-state index in [2.05, 4.69) is 0 Å². The standard InChI is InChI=1S/C6H11Cl3O3/c1-12-4(3-10)2-5(11)6(7,8)9/h4-5,10-11H,2-3H2,1H3. The molecule has 0 aliphatic heterocycles. The molecule has 0 aliphatic rings. The maximum atomic E-state index is 9.23. The summed E-state index contributed by atoms with van der Waals surface area (Å²) < 4.78 is 3.05. The summed E-state index contributed by atoms with van der Waals surface area (Å²) in [6, 6.07) is 0. The third kappa shape index (κ3) is 4.70. The largest absolute Gasteiger partial charge is 0.394 e. The summed E-state index contributed by atoms with van der Waals surface area (Å²) in [6.07, 6.45) is -1.56. The van der Waals surface area contributed by atoms with Gasteiger partial charge in [0.05, 0.1) is 12.7 Å². The second-order valence-corrected chi connectivity index (χ2v) is 4.70. The van der Waals surface area contributed by atoms with Gasteiger partial charge in [0.25, 0.3) is 0 Å². The summed E-state index contributed by atoms with van der Waals surface area (Å²) in [5, 5.41) is 17.9. The maximum absolute atomic E-state index is 9.23. The Bertz CT molecular complexity index is 122. The van der Waals surface area contributed by atoms with Crippen molar-refractivity contribution in [2.75, 3.05) is 13.7 Å². The zero-order valence-corrected chi connectivity index (χ0v) is 8.77.